The molecular formula is C17H29NO. The largest absolute Gasteiger partial charge is 0.371 e. The molecule has 0 aromatic carbocycles. The molecule has 1 aliphatic heterocycles. The maximum Gasteiger partial charge on any atom is 0.0687 e. The summed E-state index contributed by atoms with van der Waals surface area (Å²) in [5.41, 5.74) is 8.36. The SMILES string of the molecule is CC1(C)CC(CC2CCC3(CCCC3)O2)=CC(N)C1. The van der Waals surface area contributed by atoms with E-state index in [0.717, 1.165) is 12.8 Å². The van der Waals surface area contributed by atoms with Crippen LogP contribution in [-0.4, -0.2) is 17.7 Å². The van der Waals surface area contributed by atoms with Crippen molar-refractivity contribution in [2.45, 2.75) is 89.4 Å². The Labute approximate surface area is 117 Å². The first-order valence-electron chi connectivity index (χ1n) is 8.09. The predicted molar refractivity (Wildman–Crippen MR) is 79.0 cm³/mol. The van der Waals surface area contributed by atoms with E-state index in [1.54, 1.807) is 5.57 Å². The molecule has 108 valence electrons. The van der Waals surface area contributed by atoms with Crippen molar-refractivity contribution in [1.82, 2.24) is 0 Å². The molecule has 0 aromatic heterocycles. The van der Waals surface area contributed by atoms with Gasteiger partial charge in [0.2, 0.25) is 0 Å². The summed E-state index contributed by atoms with van der Waals surface area (Å²) in [5, 5.41) is 0. The number of hydrogen-bond acceptors (Lipinski definition) is 2. The molecule has 1 saturated heterocycles. The van der Waals surface area contributed by atoms with E-state index in [1.807, 2.05) is 0 Å². The maximum absolute atomic E-state index is 6.43. The normalized spacial score (nSPS) is 36.7. The molecule has 0 amide bonds. The van der Waals surface area contributed by atoms with Crippen molar-refractivity contribution in [2.24, 2.45) is 11.1 Å². The molecule has 2 heteroatoms. The van der Waals surface area contributed by atoms with Crippen LogP contribution in [0.2, 0.25) is 0 Å². The minimum Gasteiger partial charge on any atom is -0.371 e. The van der Waals surface area contributed by atoms with Gasteiger partial charge in [-0.25, -0.2) is 0 Å². The van der Waals surface area contributed by atoms with E-state index in [0.29, 0.717) is 11.5 Å². The highest BCUT2D eigenvalue weighted by atomic mass is 16.5. The van der Waals surface area contributed by atoms with E-state index >= 15 is 0 Å². The lowest BCUT2D eigenvalue weighted by Crippen LogP contribution is -2.32. The van der Waals surface area contributed by atoms with Crippen molar-refractivity contribution in [3.05, 3.63) is 11.6 Å². The standard InChI is InChI=1S/C17H29NO/c1-16(2)11-13(9-14(18)12-16)10-15-5-8-17(19-15)6-3-4-7-17/h9,14-15H,3-8,10-12,18H2,1-2H3. The molecule has 1 saturated carbocycles. The first-order valence-corrected chi connectivity index (χ1v) is 8.09. The van der Waals surface area contributed by atoms with Crippen LogP contribution >= 0.6 is 0 Å². The number of hydrogen-bond donors (Lipinski definition) is 1. The Hall–Kier alpha value is -0.340. The van der Waals surface area contributed by atoms with Gasteiger partial charge in [0, 0.05) is 6.04 Å². The Morgan fingerprint density at radius 2 is 2.00 bits per heavy atom. The van der Waals surface area contributed by atoms with Gasteiger partial charge in [0.1, 0.15) is 0 Å². The number of nitrogens with two attached hydrogens (primary N) is 1. The fourth-order valence-corrected chi connectivity index (χ4v) is 4.60. The van der Waals surface area contributed by atoms with Gasteiger partial charge in [-0.15, -0.1) is 0 Å². The second-order valence-corrected chi connectivity index (χ2v) is 7.91. The van der Waals surface area contributed by atoms with Crippen molar-refractivity contribution in [2.75, 3.05) is 0 Å². The maximum atomic E-state index is 6.43. The molecule has 2 unspecified atom stereocenters. The van der Waals surface area contributed by atoms with Gasteiger partial charge in [-0.2, -0.15) is 0 Å². The van der Waals surface area contributed by atoms with E-state index in [9.17, 15) is 0 Å². The van der Waals surface area contributed by atoms with E-state index < -0.39 is 0 Å². The highest BCUT2D eigenvalue weighted by Gasteiger charge is 2.42. The minimum absolute atomic E-state index is 0.251. The summed E-state index contributed by atoms with van der Waals surface area (Å²) < 4.78 is 6.43. The van der Waals surface area contributed by atoms with Crippen molar-refractivity contribution < 1.29 is 4.74 Å². The summed E-state index contributed by atoms with van der Waals surface area (Å²) in [6.45, 7) is 4.68. The molecular weight excluding hydrogens is 234 g/mol. The van der Waals surface area contributed by atoms with Gasteiger partial charge in [0.05, 0.1) is 11.7 Å². The summed E-state index contributed by atoms with van der Waals surface area (Å²) in [5.74, 6) is 0. The molecule has 2 nitrogen and oxygen atoms in total. The Bertz CT molecular complexity index is 365. The van der Waals surface area contributed by atoms with Crippen molar-refractivity contribution >= 4 is 0 Å². The summed E-state index contributed by atoms with van der Waals surface area (Å²) in [6, 6.07) is 0.251. The Kier molecular flexibility index (Phi) is 3.51. The number of ether oxygens (including phenoxy) is 1. The zero-order valence-electron chi connectivity index (χ0n) is 12.6. The molecule has 0 bridgehead atoms. The molecule has 2 fully saturated rings. The van der Waals surface area contributed by atoms with Gasteiger partial charge >= 0.3 is 0 Å². The van der Waals surface area contributed by atoms with Crippen molar-refractivity contribution in [1.29, 1.82) is 0 Å². The molecule has 2 aliphatic carbocycles. The predicted octanol–water partition coefficient (Wildman–Crippen LogP) is 3.94. The average Bonchev–Trinajstić information content (AvgIpc) is 2.87. The van der Waals surface area contributed by atoms with E-state index in [2.05, 4.69) is 19.9 Å². The third-order valence-electron chi connectivity index (χ3n) is 5.29. The zero-order chi connectivity index (χ0) is 13.5. The van der Waals surface area contributed by atoms with Crippen LogP contribution in [0.15, 0.2) is 11.6 Å². The van der Waals surface area contributed by atoms with Crippen LogP contribution in [-0.2, 0) is 4.74 Å². The lowest BCUT2D eigenvalue weighted by molar-refractivity contribution is -0.0362. The first-order chi connectivity index (χ1) is 8.96. The van der Waals surface area contributed by atoms with Crippen LogP contribution in [0.3, 0.4) is 0 Å². The van der Waals surface area contributed by atoms with Gasteiger partial charge < -0.3 is 10.5 Å². The summed E-state index contributed by atoms with van der Waals surface area (Å²) in [6.07, 6.45) is 14.1. The molecule has 0 radical (unpaired) electrons. The smallest absolute Gasteiger partial charge is 0.0687 e. The van der Waals surface area contributed by atoms with E-state index in [-0.39, 0.29) is 11.6 Å². The molecule has 0 aromatic rings. The summed E-state index contributed by atoms with van der Waals surface area (Å²) >= 11 is 0. The average molecular weight is 263 g/mol. The van der Waals surface area contributed by atoms with Crippen LogP contribution < -0.4 is 5.73 Å². The topological polar surface area (TPSA) is 35.2 Å². The fraction of sp³-hybridized carbons (Fsp3) is 0.882. The highest BCUT2D eigenvalue weighted by molar-refractivity contribution is 5.15. The lowest BCUT2D eigenvalue weighted by atomic mass is 9.74. The van der Waals surface area contributed by atoms with E-state index in [1.165, 1.54) is 44.9 Å². The zero-order valence-corrected chi connectivity index (χ0v) is 12.6. The minimum atomic E-state index is 0.251. The Balaban J connectivity index is 1.60. The quantitative estimate of drug-likeness (QED) is 0.766. The van der Waals surface area contributed by atoms with Crippen LogP contribution in [0.5, 0.6) is 0 Å². The van der Waals surface area contributed by atoms with Gasteiger partial charge in [-0.05, 0) is 50.4 Å². The lowest BCUT2D eigenvalue weighted by Gasteiger charge is -2.34. The van der Waals surface area contributed by atoms with Crippen LogP contribution in [0.1, 0.15) is 71.6 Å². The van der Waals surface area contributed by atoms with Crippen molar-refractivity contribution in [3.63, 3.8) is 0 Å². The molecule has 3 rings (SSSR count). The molecule has 19 heavy (non-hydrogen) atoms. The Morgan fingerprint density at radius 1 is 1.26 bits per heavy atom. The van der Waals surface area contributed by atoms with Gasteiger partial charge in [0.25, 0.3) is 0 Å². The summed E-state index contributed by atoms with van der Waals surface area (Å²) in [4.78, 5) is 0. The summed E-state index contributed by atoms with van der Waals surface area (Å²) in [7, 11) is 0. The van der Waals surface area contributed by atoms with Crippen LogP contribution in [0.25, 0.3) is 0 Å². The van der Waals surface area contributed by atoms with Gasteiger partial charge in [0.15, 0.2) is 0 Å². The van der Waals surface area contributed by atoms with Gasteiger partial charge in [-0.1, -0.05) is 38.3 Å². The number of rotatable bonds is 2. The third kappa shape index (κ3) is 3.05. The second-order valence-electron chi connectivity index (χ2n) is 7.91. The van der Waals surface area contributed by atoms with Crippen LogP contribution in [0.4, 0.5) is 0 Å². The molecule has 2 atom stereocenters. The molecule has 1 heterocycles. The molecule has 3 aliphatic rings. The van der Waals surface area contributed by atoms with Gasteiger partial charge in [-0.3, -0.25) is 0 Å². The fourth-order valence-electron chi connectivity index (χ4n) is 4.60. The first kappa shape index (κ1) is 13.6. The monoisotopic (exact) mass is 263 g/mol. The molecule has 2 N–H and O–H groups in total. The molecule has 1 spiro atoms. The second kappa shape index (κ2) is 4.89. The van der Waals surface area contributed by atoms with Crippen LogP contribution in [0, 0.1) is 5.41 Å². The van der Waals surface area contributed by atoms with Crippen molar-refractivity contribution in [3.8, 4) is 0 Å². The Morgan fingerprint density at radius 3 is 2.68 bits per heavy atom. The van der Waals surface area contributed by atoms with E-state index in [4.69, 9.17) is 10.5 Å². The third-order valence-corrected chi connectivity index (χ3v) is 5.29. The highest BCUT2D eigenvalue weighted by Crippen LogP contribution is 2.45.